The number of carbonyl (C=O) groups is 1. The number of benzene rings is 1. The smallest absolute Gasteiger partial charge is 0.260 e. The zero-order valence-corrected chi connectivity index (χ0v) is 12.5. The zero-order valence-electron chi connectivity index (χ0n) is 12.5. The number of para-hydroxylation sites is 1. The average molecular weight is 294 g/mol. The Labute approximate surface area is 125 Å². The highest BCUT2D eigenvalue weighted by Gasteiger charge is 2.22. The molecule has 1 N–H and O–H groups in total. The molecular formula is C16H23FN2O2. The van der Waals surface area contributed by atoms with Gasteiger partial charge >= 0.3 is 0 Å². The van der Waals surface area contributed by atoms with Gasteiger partial charge in [-0.25, -0.2) is 4.39 Å². The number of ether oxygens (including phenoxy) is 1. The minimum absolute atomic E-state index is 0.0693. The molecule has 0 unspecified atom stereocenters. The van der Waals surface area contributed by atoms with Crippen LogP contribution in [0.4, 0.5) is 4.39 Å². The molecule has 1 aliphatic heterocycles. The summed E-state index contributed by atoms with van der Waals surface area (Å²) in [6, 6.07) is 6.14. The number of nitrogens with one attached hydrogen (secondary N) is 1. The number of rotatable bonds is 6. The third-order valence-electron chi connectivity index (χ3n) is 3.84. The van der Waals surface area contributed by atoms with Crippen LogP contribution in [0.15, 0.2) is 24.3 Å². The van der Waals surface area contributed by atoms with E-state index >= 15 is 0 Å². The van der Waals surface area contributed by atoms with Crippen molar-refractivity contribution in [3.8, 4) is 5.75 Å². The first kappa shape index (κ1) is 15.8. The number of amides is 1. The van der Waals surface area contributed by atoms with Crippen LogP contribution in [0.3, 0.4) is 0 Å². The lowest BCUT2D eigenvalue weighted by Gasteiger charge is -2.32. The van der Waals surface area contributed by atoms with Gasteiger partial charge in [0.05, 0.1) is 0 Å². The molecule has 5 heteroatoms. The highest BCUT2D eigenvalue weighted by atomic mass is 19.1. The van der Waals surface area contributed by atoms with Gasteiger partial charge in [-0.3, -0.25) is 4.79 Å². The van der Waals surface area contributed by atoms with E-state index in [0.717, 1.165) is 39.0 Å². The third-order valence-corrected chi connectivity index (χ3v) is 3.84. The minimum atomic E-state index is -0.436. The molecule has 1 fully saturated rings. The second kappa shape index (κ2) is 7.98. The maximum atomic E-state index is 13.4. The maximum absolute atomic E-state index is 13.4. The summed E-state index contributed by atoms with van der Waals surface area (Å²) in [5.41, 5.74) is 0. The molecule has 1 amide bonds. The van der Waals surface area contributed by atoms with Crippen LogP contribution in [-0.4, -0.2) is 43.6 Å². The first-order chi connectivity index (χ1) is 10.2. The second-order valence-corrected chi connectivity index (χ2v) is 5.35. The van der Waals surface area contributed by atoms with Gasteiger partial charge in [0.1, 0.15) is 0 Å². The van der Waals surface area contributed by atoms with Gasteiger partial charge in [0.2, 0.25) is 0 Å². The normalized spacial score (nSPS) is 16.0. The van der Waals surface area contributed by atoms with E-state index < -0.39 is 5.82 Å². The first-order valence-electron chi connectivity index (χ1n) is 7.56. The van der Waals surface area contributed by atoms with E-state index in [0.29, 0.717) is 5.92 Å². The highest BCUT2D eigenvalue weighted by molar-refractivity contribution is 5.77. The highest BCUT2D eigenvalue weighted by Crippen LogP contribution is 2.18. The van der Waals surface area contributed by atoms with Crippen molar-refractivity contribution in [1.29, 1.82) is 0 Å². The van der Waals surface area contributed by atoms with E-state index in [9.17, 15) is 9.18 Å². The standard InChI is InChI=1S/C16H23FN2O2/c1-2-18-11-13-7-9-19(10-8-13)16(20)12-21-15-6-4-3-5-14(15)17/h3-6,13,18H,2,7-12H2,1H3. The van der Waals surface area contributed by atoms with E-state index in [-0.39, 0.29) is 18.3 Å². The molecule has 0 atom stereocenters. The molecule has 0 saturated carbocycles. The van der Waals surface area contributed by atoms with Gasteiger partial charge in [0.25, 0.3) is 5.91 Å². The lowest BCUT2D eigenvalue weighted by atomic mass is 9.97. The lowest BCUT2D eigenvalue weighted by Crippen LogP contribution is -2.42. The Kier molecular flexibility index (Phi) is 5.99. The average Bonchev–Trinajstić information content (AvgIpc) is 2.52. The van der Waals surface area contributed by atoms with Gasteiger partial charge < -0.3 is 15.0 Å². The summed E-state index contributed by atoms with van der Waals surface area (Å²) in [4.78, 5) is 13.9. The Morgan fingerprint density at radius 3 is 2.76 bits per heavy atom. The molecule has 1 aromatic carbocycles. The van der Waals surface area contributed by atoms with E-state index in [2.05, 4.69) is 12.2 Å². The van der Waals surface area contributed by atoms with Crippen molar-refractivity contribution in [2.24, 2.45) is 5.92 Å². The molecule has 116 valence electrons. The van der Waals surface area contributed by atoms with Crippen molar-refractivity contribution in [3.05, 3.63) is 30.1 Å². The molecule has 1 saturated heterocycles. The monoisotopic (exact) mass is 294 g/mol. The summed E-state index contributed by atoms with van der Waals surface area (Å²) in [5.74, 6) is 0.268. The van der Waals surface area contributed by atoms with E-state index in [1.807, 2.05) is 4.90 Å². The number of carbonyl (C=O) groups excluding carboxylic acids is 1. The summed E-state index contributed by atoms with van der Waals surface area (Å²) in [5, 5.41) is 3.35. The third kappa shape index (κ3) is 4.70. The summed E-state index contributed by atoms with van der Waals surface area (Å²) in [6.45, 7) is 5.52. The van der Waals surface area contributed by atoms with E-state index in [1.165, 1.54) is 12.1 Å². The number of halogens is 1. The number of piperidine rings is 1. The SMILES string of the molecule is CCNCC1CCN(C(=O)COc2ccccc2F)CC1. The van der Waals surface area contributed by atoms with Crippen molar-refractivity contribution in [2.45, 2.75) is 19.8 Å². The van der Waals surface area contributed by atoms with Crippen LogP contribution in [-0.2, 0) is 4.79 Å². The van der Waals surface area contributed by atoms with Crippen molar-refractivity contribution in [3.63, 3.8) is 0 Å². The van der Waals surface area contributed by atoms with Crippen LogP contribution in [0.25, 0.3) is 0 Å². The van der Waals surface area contributed by atoms with Gasteiger partial charge in [-0.05, 0) is 44.0 Å². The van der Waals surface area contributed by atoms with Crippen LogP contribution in [0.2, 0.25) is 0 Å². The maximum Gasteiger partial charge on any atom is 0.260 e. The van der Waals surface area contributed by atoms with E-state index in [4.69, 9.17) is 4.74 Å². The Morgan fingerprint density at radius 2 is 2.10 bits per heavy atom. The molecule has 0 radical (unpaired) electrons. The molecule has 0 aromatic heterocycles. The van der Waals surface area contributed by atoms with Crippen LogP contribution in [0, 0.1) is 11.7 Å². The Balaban J connectivity index is 1.74. The van der Waals surface area contributed by atoms with Crippen LogP contribution in [0.1, 0.15) is 19.8 Å². The van der Waals surface area contributed by atoms with E-state index in [1.54, 1.807) is 12.1 Å². The summed E-state index contributed by atoms with van der Waals surface area (Å²) >= 11 is 0. The molecule has 2 rings (SSSR count). The van der Waals surface area contributed by atoms with Gasteiger partial charge in [-0.1, -0.05) is 19.1 Å². The molecule has 0 bridgehead atoms. The molecule has 21 heavy (non-hydrogen) atoms. The first-order valence-corrected chi connectivity index (χ1v) is 7.56. The van der Waals surface area contributed by atoms with Crippen molar-refractivity contribution in [1.82, 2.24) is 10.2 Å². The fourth-order valence-electron chi connectivity index (χ4n) is 2.53. The fraction of sp³-hybridized carbons (Fsp3) is 0.562. The summed E-state index contributed by atoms with van der Waals surface area (Å²) in [7, 11) is 0. The van der Waals surface area contributed by atoms with Crippen molar-refractivity contribution in [2.75, 3.05) is 32.8 Å². The number of nitrogens with zero attached hydrogens (tertiary/aromatic N) is 1. The number of hydrogen-bond acceptors (Lipinski definition) is 3. The van der Waals surface area contributed by atoms with Crippen LogP contribution in [0.5, 0.6) is 5.75 Å². The number of hydrogen-bond donors (Lipinski definition) is 1. The Bertz CT molecular complexity index is 459. The lowest BCUT2D eigenvalue weighted by molar-refractivity contribution is -0.134. The molecule has 1 heterocycles. The molecule has 1 aromatic rings. The Hall–Kier alpha value is -1.62. The summed E-state index contributed by atoms with van der Waals surface area (Å²) in [6.07, 6.45) is 2.02. The quantitative estimate of drug-likeness (QED) is 0.873. The predicted molar refractivity (Wildman–Crippen MR) is 79.7 cm³/mol. The molecule has 0 aliphatic carbocycles. The predicted octanol–water partition coefficient (Wildman–Crippen LogP) is 2.05. The minimum Gasteiger partial charge on any atom is -0.481 e. The summed E-state index contributed by atoms with van der Waals surface area (Å²) < 4.78 is 18.7. The van der Waals surface area contributed by atoms with Gasteiger partial charge in [-0.2, -0.15) is 0 Å². The second-order valence-electron chi connectivity index (χ2n) is 5.35. The van der Waals surface area contributed by atoms with Crippen LogP contribution >= 0.6 is 0 Å². The van der Waals surface area contributed by atoms with Crippen LogP contribution < -0.4 is 10.1 Å². The molecule has 0 spiro atoms. The number of likely N-dealkylation sites (tertiary alicyclic amines) is 1. The molecular weight excluding hydrogens is 271 g/mol. The van der Waals surface area contributed by atoms with Crippen molar-refractivity contribution < 1.29 is 13.9 Å². The molecule has 4 nitrogen and oxygen atoms in total. The van der Waals surface area contributed by atoms with Gasteiger partial charge in [0, 0.05) is 13.1 Å². The Morgan fingerprint density at radius 1 is 1.38 bits per heavy atom. The van der Waals surface area contributed by atoms with Gasteiger partial charge in [0.15, 0.2) is 18.2 Å². The zero-order chi connectivity index (χ0) is 15.1. The molecule has 1 aliphatic rings. The van der Waals surface area contributed by atoms with Crippen molar-refractivity contribution >= 4 is 5.91 Å². The topological polar surface area (TPSA) is 41.6 Å². The largest absolute Gasteiger partial charge is 0.481 e. The fourth-order valence-corrected chi connectivity index (χ4v) is 2.53. The van der Waals surface area contributed by atoms with Gasteiger partial charge in [-0.15, -0.1) is 0 Å².